The van der Waals surface area contributed by atoms with Crippen LogP contribution in [-0.4, -0.2) is 19.9 Å². The van der Waals surface area contributed by atoms with Gasteiger partial charge >= 0.3 is 0 Å². The van der Waals surface area contributed by atoms with Gasteiger partial charge in [-0.3, -0.25) is 0 Å². The maximum absolute atomic E-state index is 4.69. The van der Waals surface area contributed by atoms with Gasteiger partial charge in [0, 0.05) is 74.8 Å². The summed E-state index contributed by atoms with van der Waals surface area (Å²) < 4.78 is 0. The van der Waals surface area contributed by atoms with E-state index >= 15 is 0 Å². The van der Waals surface area contributed by atoms with Crippen LogP contribution in [0.3, 0.4) is 0 Å². The molecule has 0 spiro atoms. The standard InChI is InChI=1S/C39H30N.C38H28N.C12H10N.C11H8N.2Ir/c1-26-10-6-19-38(40-26)33-16-9-15-31(24-33)29-13-7-11-27(22-29)28-12-8-14-30(23-28)32-20-21-35-34-17-4-5-18-36(34)39(2,3)37(35)25-32;1-38(2)35-17-4-3-16-33(35)34-20-19-31(25-36(34)38)29-13-8-11-27(23-29)26-10-7-12-28(22-26)30-14-9-15-32(24-30)37-18-5-6-21-39-37;1-10-6-5-9-12(13-10)11-7-3-2-4-8-11;1-2-6-10(7-3-1)11-8-4-5-9-12-11;;/h4-15,17-25H,1-3H3;3-14,16-25H,1-2H3;2-7,9H,1H3;1-6,8-9H;;/q4*-1;;. The van der Waals surface area contributed by atoms with Crippen molar-refractivity contribution in [1.82, 2.24) is 19.9 Å². The fourth-order valence-electron chi connectivity index (χ4n) is 14.4. The van der Waals surface area contributed by atoms with E-state index in [0.717, 1.165) is 67.5 Å². The van der Waals surface area contributed by atoms with Gasteiger partial charge in [-0.2, -0.15) is 0 Å². The Morgan fingerprint density at radius 3 is 0.906 bits per heavy atom. The van der Waals surface area contributed by atoms with Crippen LogP contribution in [0.5, 0.6) is 0 Å². The molecule has 518 valence electrons. The number of aromatic nitrogens is 4. The van der Waals surface area contributed by atoms with E-state index in [2.05, 4.69) is 273 Å². The first-order chi connectivity index (χ1) is 50.9. The van der Waals surface area contributed by atoms with Crippen molar-refractivity contribution < 1.29 is 40.2 Å². The third-order valence-corrected chi connectivity index (χ3v) is 19.8. The minimum Gasteiger partial charge on any atom is -0.305 e. The predicted octanol–water partition coefficient (Wildman–Crippen LogP) is 25.4. The van der Waals surface area contributed by atoms with Gasteiger partial charge in [0.05, 0.1) is 0 Å². The van der Waals surface area contributed by atoms with Crippen LogP contribution in [0, 0.1) is 38.1 Å². The average molecular weight is 1720 g/mol. The maximum atomic E-state index is 4.69. The van der Waals surface area contributed by atoms with E-state index in [4.69, 9.17) is 4.98 Å². The van der Waals surface area contributed by atoms with Crippen LogP contribution in [0.15, 0.2) is 352 Å². The number of rotatable bonds is 10. The topological polar surface area (TPSA) is 51.6 Å². The molecule has 0 aliphatic heterocycles. The van der Waals surface area contributed by atoms with E-state index in [1.54, 1.807) is 6.20 Å². The van der Waals surface area contributed by atoms with Crippen molar-refractivity contribution >= 4 is 0 Å². The van der Waals surface area contributed by atoms with Crippen LogP contribution in [0.2, 0.25) is 0 Å². The van der Waals surface area contributed by atoms with Crippen LogP contribution in [0.25, 0.3) is 134 Å². The molecule has 2 aliphatic carbocycles. The van der Waals surface area contributed by atoms with Crippen molar-refractivity contribution in [3.63, 3.8) is 0 Å². The van der Waals surface area contributed by atoms with Gasteiger partial charge in [-0.05, 0) is 197 Å². The molecule has 4 nitrogen and oxygen atoms in total. The second-order valence-electron chi connectivity index (χ2n) is 27.5. The summed E-state index contributed by atoms with van der Waals surface area (Å²) in [5, 5.41) is 0. The molecule has 0 amide bonds. The molecule has 0 N–H and O–H groups in total. The number of benzene rings is 12. The molecule has 12 aromatic carbocycles. The van der Waals surface area contributed by atoms with Crippen LogP contribution < -0.4 is 0 Å². The van der Waals surface area contributed by atoms with Crippen molar-refractivity contribution in [3.8, 4) is 134 Å². The van der Waals surface area contributed by atoms with Crippen molar-refractivity contribution in [2.75, 3.05) is 0 Å². The van der Waals surface area contributed by atoms with Crippen LogP contribution in [-0.2, 0) is 51.0 Å². The van der Waals surface area contributed by atoms with E-state index in [0.29, 0.717) is 0 Å². The van der Waals surface area contributed by atoms with E-state index in [1.165, 1.54) is 100 Å². The van der Waals surface area contributed by atoms with Crippen molar-refractivity contribution in [2.45, 2.75) is 52.4 Å². The molecule has 0 unspecified atom stereocenters. The van der Waals surface area contributed by atoms with E-state index in [9.17, 15) is 0 Å². The molecule has 0 bridgehead atoms. The Balaban J connectivity index is 0.000000140. The van der Waals surface area contributed by atoms with Crippen molar-refractivity contribution in [2.24, 2.45) is 0 Å². The molecule has 2 aliphatic rings. The molecule has 0 saturated heterocycles. The zero-order valence-electron chi connectivity index (χ0n) is 59.9. The molecule has 0 saturated carbocycles. The summed E-state index contributed by atoms with van der Waals surface area (Å²) in [6.45, 7) is 13.4. The number of hydrogen-bond acceptors (Lipinski definition) is 4. The molecule has 2 radical (unpaired) electrons. The van der Waals surface area contributed by atoms with Gasteiger partial charge in [0.2, 0.25) is 0 Å². The minimum atomic E-state index is -0.00614. The third-order valence-electron chi connectivity index (χ3n) is 19.8. The molecular weight excluding hydrogens is 1640 g/mol. The molecule has 18 rings (SSSR count). The van der Waals surface area contributed by atoms with Crippen LogP contribution >= 0.6 is 0 Å². The first kappa shape index (κ1) is 72.9. The second kappa shape index (κ2) is 32.7. The summed E-state index contributed by atoms with van der Waals surface area (Å²) in [6.07, 6.45) is 3.61. The van der Waals surface area contributed by atoms with Gasteiger partial charge in [0.25, 0.3) is 0 Å². The third kappa shape index (κ3) is 15.9. The molecule has 106 heavy (non-hydrogen) atoms. The largest absolute Gasteiger partial charge is 0.305 e. The van der Waals surface area contributed by atoms with Gasteiger partial charge in [0.15, 0.2) is 0 Å². The Morgan fingerprint density at radius 2 is 0.528 bits per heavy atom. The Morgan fingerprint density at radius 1 is 0.226 bits per heavy atom. The summed E-state index contributed by atoms with van der Waals surface area (Å²) in [6, 6.07) is 132. The SMILES string of the molecule is CC1(C)c2ccccc2-c2ccc(-c3cccc(-c4cccc(-c5cc[c-]c(-c6ccccn6)c5)c4)c3)cc21.Cc1cccc(-c2[c-]ccc(-c3cccc(-c4cccc(-c5ccc6c(c5)C(C)(C)c5ccccc5-6)c4)c3)c2)n1.Cc1cccc(-c2[c-]cccc2)n1.[Ir].[Ir].[c-]1ccccc1-c1ccccn1. The minimum absolute atomic E-state index is 0. The van der Waals surface area contributed by atoms with Gasteiger partial charge in [-0.15, -0.1) is 143 Å². The predicted molar refractivity (Wildman–Crippen MR) is 431 cm³/mol. The van der Waals surface area contributed by atoms with Crippen molar-refractivity contribution in [3.05, 3.63) is 410 Å². The van der Waals surface area contributed by atoms with Crippen LogP contribution in [0.1, 0.15) is 61.3 Å². The Bertz CT molecular complexity index is 5680. The molecule has 4 heterocycles. The maximum Gasteiger partial charge on any atom is 0.0266 e. The Hall–Kier alpha value is -11.5. The smallest absolute Gasteiger partial charge is 0.0266 e. The summed E-state index contributed by atoms with van der Waals surface area (Å²) in [7, 11) is 0. The molecule has 6 heteroatoms. The van der Waals surface area contributed by atoms with Crippen LogP contribution in [0.4, 0.5) is 0 Å². The van der Waals surface area contributed by atoms with E-state index < -0.39 is 0 Å². The number of fused-ring (bicyclic) bond motifs is 6. The first-order valence-corrected chi connectivity index (χ1v) is 35.5. The normalized spacial score (nSPS) is 12.1. The molecule has 16 aromatic rings. The van der Waals surface area contributed by atoms with Gasteiger partial charge in [-0.1, -0.05) is 222 Å². The first-order valence-electron chi connectivity index (χ1n) is 35.5. The monoisotopic (exact) mass is 1720 g/mol. The number of pyridine rings is 4. The van der Waals surface area contributed by atoms with E-state index in [-0.39, 0.29) is 51.0 Å². The average Bonchev–Trinajstić information content (AvgIpc) is 1.59. The zero-order valence-corrected chi connectivity index (χ0v) is 64.7. The van der Waals surface area contributed by atoms with Gasteiger partial charge in [0.1, 0.15) is 0 Å². The van der Waals surface area contributed by atoms with Gasteiger partial charge < -0.3 is 19.9 Å². The Kier molecular flexibility index (Phi) is 22.5. The molecular formula is C100H76Ir2N4-4. The fourth-order valence-corrected chi connectivity index (χ4v) is 14.4. The van der Waals surface area contributed by atoms with Gasteiger partial charge in [-0.25, -0.2) is 0 Å². The summed E-state index contributed by atoms with van der Waals surface area (Å²) >= 11 is 0. The zero-order chi connectivity index (χ0) is 71.0. The fraction of sp³-hybridized carbons (Fsp3) is 0.0800. The number of aryl methyl sites for hydroxylation is 2. The molecule has 4 aromatic heterocycles. The second-order valence-corrected chi connectivity index (χ2v) is 27.5. The van der Waals surface area contributed by atoms with E-state index in [1.807, 2.05) is 154 Å². The van der Waals surface area contributed by atoms with Crippen molar-refractivity contribution in [1.29, 1.82) is 0 Å². The summed E-state index contributed by atoms with van der Waals surface area (Å²) in [5.41, 5.74) is 35.5. The summed E-state index contributed by atoms with van der Waals surface area (Å²) in [5.74, 6) is 0. The molecule has 0 fully saturated rings. The quantitative estimate of drug-likeness (QED) is 0.128. The number of nitrogens with zero attached hydrogens (tertiary/aromatic N) is 4. The Labute approximate surface area is 651 Å². The summed E-state index contributed by atoms with van der Waals surface area (Å²) in [4.78, 5) is 17.8. The molecule has 0 atom stereocenters. The number of hydrogen-bond donors (Lipinski definition) is 0.